The molecule has 2 rings (SSSR count). The third-order valence-corrected chi connectivity index (χ3v) is 3.60. The minimum Gasteiger partial charge on any atom is -0.384 e. The maximum Gasteiger partial charge on any atom is 0.100 e. The van der Waals surface area contributed by atoms with Gasteiger partial charge in [-0.05, 0) is 55.4 Å². The topological polar surface area (TPSA) is 20.2 Å². The molecule has 0 aromatic heterocycles. The summed E-state index contributed by atoms with van der Waals surface area (Å²) in [5.41, 5.74) is 3.10. The van der Waals surface area contributed by atoms with Crippen molar-refractivity contribution < 1.29 is 5.11 Å². The molecule has 1 atom stereocenters. The predicted octanol–water partition coefficient (Wildman–Crippen LogP) is 4.18. The highest BCUT2D eigenvalue weighted by Gasteiger charge is 2.15. The first-order valence-corrected chi connectivity index (χ1v) is 6.19. The van der Waals surface area contributed by atoms with Gasteiger partial charge in [-0.2, -0.15) is 0 Å². The van der Waals surface area contributed by atoms with Crippen molar-refractivity contribution in [2.24, 2.45) is 0 Å². The van der Waals surface area contributed by atoms with Crippen LogP contribution in [0.2, 0.25) is 5.02 Å². The Morgan fingerprint density at radius 2 is 2.12 bits per heavy atom. The van der Waals surface area contributed by atoms with E-state index in [4.69, 9.17) is 11.6 Å². The number of aliphatic hydroxyl groups is 1. The molecular weight excluding hydrogens is 220 g/mol. The van der Waals surface area contributed by atoms with E-state index in [0.717, 1.165) is 34.6 Å². The molecule has 16 heavy (non-hydrogen) atoms. The second kappa shape index (κ2) is 5.03. The molecule has 1 unspecified atom stereocenters. The first kappa shape index (κ1) is 11.7. The van der Waals surface area contributed by atoms with Crippen LogP contribution in [0.5, 0.6) is 0 Å². The van der Waals surface area contributed by atoms with E-state index in [0.29, 0.717) is 0 Å². The van der Waals surface area contributed by atoms with E-state index in [9.17, 15) is 5.11 Å². The van der Waals surface area contributed by atoms with Gasteiger partial charge in [0.25, 0.3) is 0 Å². The molecule has 0 amide bonds. The number of hydrogen-bond acceptors (Lipinski definition) is 1. The zero-order valence-corrected chi connectivity index (χ0v) is 10.3. The van der Waals surface area contributed by atoms with Gasteiger partial charge in [0.2, 0.25) is 0 Å². The smallest absolute Gasteiger partial charge is 0.100 e. The van der Waals surface area contributed by atoms with E-state index in [2.05, 4.69) is 6.08 Å². The van der Waals surface area contributed by atoms with Crippen molar-refractivity contribution in [3.8, 4) is 0 Å². The Bertz CT molecular complexity index is 409. The molecular formula is C14H17ClO. The Labute approximate surface area is 102 Å². The summed E-state index contributed by atoms with van der Waals surface area (Å²) >= 11 is 6.07. The van der Waals surface area contributed by atoms with Crippen LogP contribution in [0.4, 0.5) is 0 Å². The molecule has 1 nitrogen and oxygen atoms in total. The summed E-state index contributed by atoms with van der Waals surface area (Å²) in [4.78, 5) is 0. The molecule has 0 saturated heterocycles. The van der Waals surface area contributed by atoms with Gasteiger partial charge in [-0.1, -0.05) is 29.8 Å². The van der Waals surface area contributed by atoms with Crippen molar-refractivity contribution in [1.82, 2.24) is 0 Å². The molecule has 86 valence electrons. The van der Waals surface area contributed by atoms with E-state index in [1.807, 2.05) is 25.1 Å². The van der Waals surface area contributed by atoms with E-state index in [-0.39, 0.29) is 0 Å². The van der Waals surface area contributed by atoms with E-state index < -0.39 is 6.10 Å². The number of hydrogen-bond donors (Lipinski definition) is 1. The molecule has 1 aliphatic carbocycles. The van der Waals surface area contributed by atoms with Crippen molar-refractivity contribution in [1.29, 1.82) is 0 Å². The molecule has 1 aliphatic rings. The third kappa shape index (κ3) is 2.47. The van der Waals surface area contributed by atoms with Crippen molar-refractivity contribution in [3.05, 3.63) is 46.0 Å². The molecule has 0 fully saturated rings. The van der Waals surface area contributed by atoms with Crippen molar-refractivity contribution in [3.63, 3.8) is 0 Å². The van der Waals surface area contributed by atoms with Crippen LogP contribution in [-0.4, -0.2) is 5.11 Å². The van der Waals surface area contributed by atoms with Crippen LogP contribution in [-0.2, 0) is 0 Å². The Balaban J connectivity index is 2.22. The van der Waals surface area contributed by atoms with Gasteiger partial charge in [0, 0.05) is 5.02 Å². The Kier molecular flexibility index (Phi) is 3.67. The fourth-order valence-corrected chi connectivity index (χ4v) is 2.29. The van der Waals surface area contributed by atoms with Gasteiger partial charge in [0.1, 0.15) is 6.10 Å². The fourth-order valence-electron chi connectivity index (χ4n) is 2.10. The second-order valence-electron chi connectivity index (χ2n) is 4.44. The number of benzene rings is 1. The lowest BCUT2D eigenvalue weighted by molar-refractivity contribution is 0.208. The summed E-state index contributed by atoms with van der Waals surface area (Å²) in [5, 5.41) is 11.0. The van der Waals surface area contributed by atoms with Crippen LogP contribution < -0.4 is 0 Å². The van der Waals surface area contributed by atoms with Gasteiger partial charge in [-0.3, -0.25) is 0 Å². The fraction of sp³-hybridized carbons (Fsp3) is 0.429. The molecule has 1 aromatic rings. The summed E-state index contributed by atoms with van der Waals surface area (Å²) in [5.74, 6) is 0. The minimum absolute atomic E-state index is 0.474. The first-order valence-electron chi connectivity index (χ1n) is 5.81. The van der Waals surface area contributed by atoms with Crippen LogP contribution in [0.3, 0.4) is 0 Å². The second-order valence-corrected chi connectivity index (χ2v) is 4.84. The van der Waals surface area contributed by atoms with Gasteiger partial charge in [0.05, 0.1) is 0 Å². The molecule has 0 saturated carbocycles. The lowest BCUT2D eigenvalue weighted by Crippen LogP contribution is -2.04. The lowest BCUT2D eigenvalue weighted by Gasteiger charge is -2.19. The van der Waals surface area contributed by atoms with Gasteiger partial charge in [-0.25, -0.2) is 0 Å². The first-order chi connectivity index (χ1) is 7.68. The molecule has 0 radical (unpaired) electrons. The number of aryl methyl sites for hydroxylation is 1. The normalized spacial score (nSPS) is 18.1. The number of halogens is 1. The van der Waals surface area contributed by atoms with Crippen LogP contribution >= 0.6 is 11.6 Å². The van der Waals surface area contributed by atoms with E-state index in [1.165, 1.54) is 12.8 Å². The Morgan fingerprint density at radius 3 is 2.75 bits per heavy atom. The van der Waals surface area contributed by atoms with Gasteiger partial charge >= 0.3 is 0 Å². The van der Waals surface area contributed by atoms with Gasteiger partial charge in [-0.15, -0.1) is 0 Å². The SMILES string of the molecule is Cc1ccc(C(O)C2=CCCCC2)cc1Cl. The molecule has 1 aromatic carbocycles. The molecule has 1 N–H and O–H groups in total. The average molecular weight is 237 g/mol. The van der Waals surface area contributed by atoms with Gasteiger partial charge < -0.3 is 5.11 Å². The summed E-state index contributed by atoms with van der Waals surface area (Å²) < 4.78 is 0. The Morgan fingerprint density at radius 1 is 1.31 bits per heavy atom. The van der Waals surface area contributed by atoms with E-state index >= 15 is 0 Å². The number of rotatable bonds is 2. The molecule has 2 heteroatoms. The van der Waals surface area contributed by atoms with Crippen LogP contribution in [0.1, 0.15) is 42.9 Å². The highest BCUT2D eigenvalue weighted by molar-refractivity contribution is 6.31. The zero-order valence-electron chi connectivity index (χ0n) is 9.54. The predicted molar refractivity (Wildman–Crippen MR) is 67.7 cm³/mol. The van der Waals surface area contributed by atoms with Crippen LogP contribution in [0, 0.1) is 6.92 Å². The average Bonchev–Trinajstić information content (AvgIpc) is 2.33. The van der Waals surface area contributed by atoms with Crippen molar-refractivity contribution in [2.45, 2.75) is 38.7 Å². The molecule has 0 bridgehead atoms. The zero-order chi connectivity index (χ0) is 11.5. The summed E-state index contributed by atoms with van der Waals surface area (Å²) in [6.07, 6.45) is 6.21. The number of allylic oxidation sites excluding steroid dienone is 1. The van der Waals surface area contributed by atoms with Gasteiger partial charge in [0.15, 0.2) is 0 Å². The minimum atomic E-state index is -0.474. The number of aliphatic hydroxyl groups excluding tert-OH is 1. The Hall–Kier alpha value is -0.790. The highest BCUT2D eigenvalue weighted by atomic mass is 35.5. The quantitative estimate of drug-likeness (QED) is 0.764. The largest absolute Gasteiger partial charge is 0.384 e. The maximum absolute atomic E-state index is 10.2. The highest BCUT2D eigenvalue weighted by Crippen LogP contribution is 2.31. The van der Waals surface area contributed by atoms with Crippen molar-refractivity contribution in [2.75, 3.05) is 0 Å². The monoisotopic (exact) mass is 236 g/mol. The standard InChI is InChI=1S/C14H17ClO/c1-10-7-8-12(9-13(10)15)14(16)11-5-3-2-4-6-11/h5,7-9,14,16H,2-4,6H2,1H3. The molecule has 0 heterocycles. The molecule has 0 aliphatic heterocycles. The van der Waals surface area contributed by atoms with Crippen LogP contribution in [0.15, 0.2) is 29.8 Å². The summed E-state index contributed by atoms with van der Waals surface area (Å²) in [6, 6.07) is 5.79. The van der Waals surface area contributed by atoms with Crippen molar-refractivity contribution >= 4 is 11.6 Å². The lowest BCUT2D eigenvalue weighted by atomic mass is 9.91. The third-order valence-electron chi connectivity index (χ3n) is 3.19. The molecule has 0 spiro atoms. The maximum atomic E-state index is 10.2. The van der Waals surface area contributed by atoms with E-state index in [1.54, 1.807) is 0 Å². The summed E-state index contributed by atoms with van der Waals surface area (Å²) in [7, 11) is 0. The summed E-state index contributed by atoms with van der Waals surface area (Å²) in [6.45, 7) is 1.97. The van der Waals surface area contributed by atoms with Crippen LogP contribution in [0.25, 0.3) is 0 Å².